The van der Waals surface area contributed by atoms with Crippen molar-refractivity contribution in [1.29, 1.82) is 0 Å². The number of hydrogen-bond acceptors (Lipinski definition) is 2. The van der Waals surface area contributed by atoms with Gasteiger partial charge in [-0.2, -0.15) is 0 Å². The fraction of sp³-hybridized carbons (Fsp3) is 0.263. The van der Waals surface area contributed by atoms with Crippen LogP contribution in [0.4, 0.5) is 0 Å². The summed E-state index contributed by atoms with van der Waals surface area (Å²) in [6.45, 7) is 8.46. The quantitative estimate of drug-likeness (QED) is 0.778. The Bertz CT molecular complexity index is 760. The maximum Gasteiger partial charge on any atom is 0.240 e. The zero-order chi connectivity index (χ0) is 16.9. The predicted octanol–water partition coefficient (Wildman–Crippen LogP) is 4.08. The fourth-order valence-corrected chi connectivity index (χ4v) is 3.32. The van der Waals surface area contributed by atoms with Gasteiger partial charge in [0.1, 0.15) is 0 Å². The number of nitrogens with one attached hydrogen (secondary N) is 1. The molecule has 0 aliphatic carbocycles. The summed E-state index contributed by atoms with van der Waals surface area (Å²) in [5.41, 5.74) is 4.39. The molecule has 0 amide bonds. The maximum atomic E-state index is 12.2. The van der Waals surface area contributed by atoms with Crippen molar-refractivity contribution in [1.82, 2.24) is 4.72 Å². The van der Waals surface area contributed by atoms with Crippen LogP contribution >= 0.6 is 0 Å². The van der Waals surface area contributed by atoms with Crippen molar-refractivity contribution >= 4 is 15.6 Å². The molecule has 0 unspecified atom stereocenters. The molecule has 0 bridgehead atoms. The van der Waals surface area contributed by atoms with Crippen LogP contribution in [-0.4, -0.2) is 15.0 Å². The SMILES string of the molecule is C=C(CCCNS(=O)(=O)c1ccc(C)cc1)c1ccc(C)cc1. The minimum absolute atomic E-state index is 0.306. The van der Waals surface area contributed by atoms with Crippen molar-refractivity contribution in [2.24, 2.45) is 0 Å². The molecule has 0 fully saturated rings. The van der Waals surface area contributed by atoms with Crippen molar-refractivity contribution in [2.75, 3.05) is 6.54 Å². The van der Waals surface area contributed by atoms with E-state index in [-0.39, 0.29) is 0 Å². The molecule has 0 saturated heterocycles. The summed E-state index contributed by atoms with van der Waals surface area (Å²) in [5.74, 6) is 0. The number of sulfonamides is 1. The molecule has 0 aliphatic rings. The smallest absolute Gasteiger partial charge is 0.211 e. The first-order valence-electron chi connectivity index (χ1n) is 7.69. The average molecular weight is 329 g/mol. The van der Waals surface area contributed by atoms with E-state index in [1.165, 1.54) is 5.56 Å². The van der Waals surface area contributed by atoms with Gasteiger partial charge in [-0.05, 0) is 50.0 Å². The van der Waals surface area contributed by atoms with E-state index in [9.17, 15) is 8.42 Å². The van der Waals surface area contributed by atoms with Crippen LogP contribution in [-0.2, 0) is 10.0 Å². The monoisotopic (exact) mass is 329 g/mol. The van der Waals surface area contributed by atoms with E-state index >= 15 is 0 Å². The fourth-order valence-electron chi connectivity index (χ4n) is 2.24. The third-order valence-electron chi connectivity index (χ3n) is 3.74. The van der Waals surface area contributed by atoms with E-state index in [1.54, 1.807) is 24.3 Å². The molecule has 4 heteroatoms. The first-order chi connectivity index (χ1) is 10.9. The summed E-state index contributed by atoms with van der Waals surface area (Å²) in [7, 11) is -3.42. The Morgan fingerprint density at radius 1 is 0.957 bits per heavy atom. The summed E-state index contributed by atoms with van der Waals surface area (Å²) in [6, 6.07) is 15.1. The highest BCUT2D eigenvalue weighted by Gasteiger charge is 2.12. The Morgan fingerprint density at radius 2 is 1.48 bits per heavy atom. The lowest BCUT2D eigenvalue weighted by molar-refractivity contribution is 0.579. The van der Waals surface area contributed by atoms with Gasteiger partial charge in [-0.25, -0.2) is 13.1 Å². The molecule has 1 N–H and O–H groups in total. The van der Waals surface area contributed by atoms with E-state index < -0.39 is 10.0 Å². The zero-order valence-corrected chi connectivity index (χ0v) is 14.5. The van der Waals surface area contributed by atoms with Crippen molar-refractivity contribution in [3.05, 3.63) is 71.8 Å². The largest absolute Gasteiger partial charge is 0.240 e. The highest BCUT2D eigenvalue weighted by atomic mass is 32.2. The molecular weight excluding hydrogens is 306 g/mol. The van der Waals surface area contributed by atoms with E-state index in [0.29, 0.717) is 11.4 Å². The predicted molar refractivity (Wildman–Crippen MR) is 95.8 cm³/mol. The summed E-state index contributed by atoms with van der Waals surface area (Å²) in [6.07, 6.45) is 1.48. The second-order valence-corrected chi connectivity index (χ2v) is 7.55. The number of rotatable bonds is 7. The number of allylic oxidation sites excluding steroid dienone is 1. The normalized spacial score (nSPS) is 11.4. The minimum atomic E-state index is -3.42. The molecule has 0 atom stereocenters. The molecule has 3 nitrogen and oxygen atoms in total. The molecule has 0 aromatic heterocycles. The van der Waals surface area contributed by atoms with Crippen LogP contribution in [0.25, 0.3) is 5.57 Å². The summed E-state index contributed by atoms with van der Waals surface area (Å²) < 4.78 is 27.0. The van der Waals surface area contributed by atoms with E-state index in [1.807, 2.05) is 26.0 Å². The first kappa shape index (κ1) is 17.4. The molecule has 2 aromatic rings. The molecule has 0 spiro atoms. The second kappa shape index (κ2) is 7.57. The molecule has 2 aromatic carbocycles. The first-order valence-corrected chi connectivity index (χ1v) is 9.18. The average Bonchev–Trinajstić information content (AvgIpc) is 2.52. The van der Waals surface area contributed by atoms with Crippen LogP contribution in [0.1, 0.15) is 29.5 Å². The lowest BCUT2D eigenvalue weighted by atomic mass is 10.0. The molecule has 0 radical (unpaired) electrons. The molecule has 0 heterocycles. The van der Waals surface area contributed by atoms with Crippen LogP contribution < -0.4 is 4.72 Å². The van der Waals surface area contributed by atoms with Crippen molar-refractivity contribution in [2.45, 2.75) is 31.6 Å². The second-order valence-electron chi connectivity index (χ2n) is 5.78. The van der Waals surface area contributed by atoms with Crippen LogP contribution in [0.2, 0.25) is 0 Å². The van der Waals surface area contributed by atoms with Gasteiger partial charge < -0.3 is 0 Å². The van der Waals surface area contributed by atoms with E-state index in [2.05, 4.69) is 23.4 Å². The number of aryl methyl sites for hydroxylation is 2. The van der Waals surface area contributed by atoms with Gasteiger partial charge in [-0.3, -0.25) is 0 Å². The van der Waals surface area contributed by atoms with Crippen LogP contribution in [0, 0.1) is 13.8 Å². The Hall–Kier alpha value is -1.91. The number of benzene rings is 2. The highest BCUT2D eigenvalue weighted by Crippen LogP contribution is 2.18. The Kier molecular flexibility index (Phi) is 5.74. The molecular formula is C19H23NO2S. The topological polar surface area (TPSA) is 46.2 Å². The van der Waals surface area contributed by atoms with Crippen molar-refractivity contribution in [3.63, 3.8) is 0 Å². The molecule has 23 heavy (non-hydrogen) atoms. The van der Waals surface area contributed by atoms with E-state index in [0.717, 1.165) is 29.5 Å². The Labute approximate surface area is 139 Å². The van der Waals surface area contributed by atoms with Gasteiger partial charge in [0.2, 0.25) is 10.0 Å². The van der Waals surface area contributed by atoms with Crippen molar-refractivity contribution in [3.8, 4) is 0 Å². The number of hydrogen-bond donors (Lipinski definition) is 1. The van der Waals surface area contributed by atoms with Crippen LogP contribution in [0.5, 0.6) is 0 Å². The standard InChI is InChI=1S/C19H23NO2S/c1-15-6-10-18(11-7-15)17(3)5-4-14-20-23(21,22)19-12-8-16(2)9-13-19/h6-13,20H,3-5,14H2,1-2H3. The minimum Gasteiger partial charge on any atom is -0.211 e. The van der Waals surface area contributed by atoms with Gasteiger partial charge in [0.05, 0.1) is 4.90 Å². The summed E-state index contributed by atoms with van der Waals surface area (Å²) in [5, 5.41) is 0. The lowest BCUT2D eigenvalue weighted by Gasteiger charge is -2.09. The lowest BCUT2D eigenvalue weighted by Crippen LogP contribution is -2.24. The van der Waals surface area contributed by atoms with Gasteiger partial charge >= 0.3 is 0 Å². The Morgan fingerprint density at radius 3 is 2.04 bits per heavy atom. The van der Waals surface area contributed by atoms with Crippen molar-refractivity contribution < 1.29 is 8.42 Å². The van der Waals surface area contributed by atoms with Gasteiger partial charge in [-0.15, -0.1) is 0 Å². The van der Waals surface area contributed by atoms with Gasteiger partial charge in [0, 0.05) is 6.54 Å². The third-order valence-corrected chi connectivity index (χ3v) is 5.22. The van der Waals surface area contributed by atoms with Crippen LogP contribution in [0.15, 0.2) is 60.0 Å². The summed E-state index contributed by atoms with van der Waals surface area (Å²) >= 11 is 0. The van der Waals surface area contributed by atoms with E-state index in [4.69, 9.17) is 0 Å². The molecule has 0 saturated carbocycles. The highest BCUT2D eigenvalue weighted by molar-refractivity contribution is 7.89. The zero-order valence-electron chi connectivity index (χ0n) is 13.7. The molecule has 122 valence electrons. The maximum absolute atomic E-state index is 12.2. The Balaban J connectivity index is 1.83. The van der Waals surface area contributed by atoms with Gasteiger partial charge in [-0.1, -0.05) is 54.1 Å². The summed E-state index contributed by atoms with van der Waals surface area (Å²) in [4.78, 5) is 0.306. The molecule has 0 aliphatic heterocycles. The van der Waals surface area contributed by atoms with Gasteiger partial charge in [0.15, 0.2) is 0 Å². The molecule has 2 rings (SSSR count). The van der Waals surface area contributed by atoms with Gasteiger partial charge in [0.25, 0.3) is 0 Å². The van der Waals surface area contributed by atoms with Crippen LogP contribution in [0.3, 0.4) is 0 Å². The third kappa shape index (κ3) is 5.05.